The van der Waals surface area contributed by atoms with Crippen LogP contribution in [-0.4, -0.2) is 9.38 Å². The molecule has 0 unspecified atom stereocenters. The zero-order chi connectivity index (χ0) is 9.54. The molecular weight excluding hydrogens is 180 g/mol. The minimum atomic E-state index is -0.409. The van der Waals surface area contributed by atoms with E-state index in [4.69, 9.17) is 4.42 Å². The summed E-state index contributed by atoms with van der Waals surface area (Å²) in [6, 6.07) is 7.36. The second-order valence-electron chi connectivity index (χ2n) is 2.98. The quantitative estimate of drug-likeness (QED) is 0.533. The summed E-state index contributed by atoms with van der Waals surface area (Å²) in [6.07, 6.45) is 3.33. The SMILES string of the molecule is O=c1oc2ccccc2n2ccnc12. The molecule has 68 valence electrons. The topological polar surface area (TPSA) is 47.5 Å². The highest BCUT2D eigenvalue weighted by molar-refractivity contribution is 5.74. The third kappa shape index (κ3) is 0.821. The van der Waals surface area contributed by atoms with Crippen LogP contribution in [0.25, 0.3) is 16.7 Å². The fraction of sp³-hybridized carbons (Fsp3) is 0. The van der Waals surface area contributed by atoms with Crippen molar-refractivity contribution in [2.24, 2.45) is 0 Å². The van der Waals surface area contributed by atoms with Gasteiger partial charge in [0.15, 0.2) is 5.58 Å². The van der Waals surface area contributed by atoms with Crippen molar-refractivity contribution in [3.05, 3.63) is 47.1 Å². The molecule has 2 aromatic heterocycles. The van der Waals surface area contributed by atoms with Crippen molar-refractivity contribution in [2.45, 2.75) is 0 Å². The maximum Gasteiger partial charge on any atom is 0.380 e. The second kappa shape index (κ2) is 2.45. The van der Waals surface area contributed by atoms with Gasteiger partial charge in [-0.2, -0.15) is 0 Å². The summed E-state index contributed by atoms with van der Waals surface area (Å²) in [4.78, 5) is 15.3. The van der Waals surface area contributed by atoms with E-state index in [0.717, 1.165) is 5.52 Å². The average molecular weight is 186 g/mol. The minimum absolute atomic E-state index is 0.323. The van der Waals surface area contributed by atoms with E-state index in [-0.39, 0.29) is 0 Å². The predicted octanol–water partition coefficient (Wildman–Crippen LogP) is 1.44. The molecule has 0 fully saturated rings. The normalized spacial score (nSPS) is 11.1. The molecule has 2 heterocycles. The van der Waals surface area contributed by atoms with Crippen molar-refractivity contribution in [3.8, 4) is 0 Å². The molecule has 0 saturated carbocycles. The van der Waals surface area contributed by atoms with E-state index in [2.05, 4.69) is 4.98 Å². The summed E-state index contributed by atoms with van der Waals surface area (Å²) in [5.41, 5.74) is 1.33. The Morgan fingerprint density at radius 1 is 1.29 bits per heavy atom. The molecule has 0 aliphatic rings. The summed E-state index contributed by atoms with van der Waals surface area (Å²) in [5, 5.41) is 0. The van der Waals surface area contributed by atoms with Crippen LogP contribution in [0.1, 0.15) is 0 Å². The standard InChI is InChI=1S/C10H6N2O2/c13-10-9-11-5-6-12(9)7-3-1-2-4-8(7)14-10/h1-6H. The Morgan fingerprint density at radius 2 is 2.14 bits per heavy atom. The number of fused-ring (bicyclic) bond motifs is 3. The largest absolute Gasteiger partial charge is 0.418 e. The van der Waals surface area contributed by atoms with E-state index in [1.807, 2.05) is 18.2 Å². The number of rotatable bonds is 0. The minimum Gasteiger partial charge on any atom is -0.418 e. The molecule has 0 aliphatic carbocycles. The van der Waals surface area contributed by atoms with Gasteiger partial charge in [0.05, 0.1) is 5.52 Å². The van der Waals surface area contributed by atoms with E-state index in [9.17, 15) is 4.79 Å². The first kappa shape index (κ1) is 7.32. The van der Waals surface area contributed by atoms with Crippen LogP contribution in [0.15, 0.2) is 45.9 Å². The first-order chi connectivity index (χ1) is 6.86. The van der Waals surface area contributed by atoms with Crippen LogP contribution in [0.3, 0.4) is 0 Å². The zero-order valence-corrected chi connectivity index (χ0v) is 7.18. The molecule has 0 amide bonds. The molecule has 4 nitrogen and oxygen atoms in total. The van der Waals surface area contributed by atoms with E-state index in [1.54, 1.807) is 22.9 Å². The molecule has 0 radical (unpaired) electrons. The van der Waals surface area contributed by atoms with Gasteiger partial charge in [-0.15, -0.1) is 0 Å². The third-order valence-electron chi connectivity index (χ3n) is 2.15. The van der Waals surface area contributed by atoms with Gasteiger partial charge in [-0.05, 0) is 12.1 Å². The lowest BCUT2D eigenvalue weighted by atomic mass is 10.3. The summed E-state index contributed by atoms with van der Waals surface area (Å²) < 4.78 is 6.82. The first-order valence-electron chi connectivity index (χ1n) is 4.21. The summed E-state index contributed by atoms with van der Waals surface area (Å²) in [6.45, 7) is 0. The van der Waals surface area contributed by atoms with Gasteiger partial charge in [-0.3, -0.25) is 4.40 Å². The molecule has 14 heavy (non-hydrogen) atoms. The smallest absolute Gasteiger partial charge is 0.380 e. The maximum atomic E-state index is 11.4. The first-order valence-corrected chi connectivity index (χ1v) is 4.21. The predicted molar refractivity (Wildman–Crippen MR) is 51.2 cm³/mol. The third-order valence-corrected chi connectivity index (χ3v) is 2.15. The fourth-order valence-electron chi connectivity index (χ4n) is 1.54. The van der Waals surface area contributed by atoms with Crippen molar-refractivity contribution >= 4 is 16.7 Å². The maximum absolute atomic E-state index is 11.4. The molecule has 0 saturated heterocycles. The van der Waals surface area contributed by atoms with Gasteiger partial charge in [0.1, 0.15) is 0 Å². The van der Waals surface area contributed by atoms with Gasteiger partial charge in [-0.1, -0.05) is 12.1 Å². The number of hydrogen-bond acceptors (Lipinski definition) is 3. The molecule has 0 spiro atoms. The van der Waals surface area contributed by atoms with Crippen molar-refractivity contribution in [1.29, 1.82) is 0 Å². The molecule has 4 heteroatoms. The lowest BCUT2D eigenvalue weighted by Gasteiger charge is -1.98. The molecular formula is C10H6N2O2. The number of nitrogens with zero attached hydrogens (tertiary/aromatic N) is 2. The highest BCUT2D eigenvalue weighted by Crippen LogP contribution is 2.12. The Kier molecular flexibility index (Phi) is 1.28. The number of imidazole rings is 1. The number of hydrogen-bond donors (Lipinski definition) is 0. The van der Waals surface area contributed by atoms with Crippen LogP contribution in [0.5, 0.6) is 0 Å². The van der Waals surface area contributed by atoms with E-state index in [1.165, 1.54) is 0 Å². The van der Waals surface area contributed by atoms with Crippen molar-refractivity contribution in [2.75, 3.05) is 0 Å². The van der Waals surface area contributed by atoms with Crippen molar-refractivity contribution in [3.63, 3.8) is 0 Å². The lowest BCUT2D eigenvalue weighted by Crippen LogP contribution is -2.04. The van der Waals surface area contributed by atoms with Gasteiger partial charge >= 0.3 is 5.63 Å². The van der Waals surface area contributed by atoms with Gasteiger partial charge < -0.3 is 4.42 Å². The monoisotopic (exact) mass is 186 g/mol. The Bertz CT molecular complexity index is 666. The second-order valence-corrected chi connectivity index (χ2v) is 2.98. The van der Waals surface area contributed by atoms with Crippen LogP contribution in [0, 0.1) is 0 Å². The summed E-state index contributed by atoms with van der Waals surface area (Å²) in [7, 11) is 0. The lowest BCUT2D eigenvalue weighted by molar-refractivity contribution is 0.560. The van der Waals surface area contributed by atoms with Crippen molar-refractivity contribution in [1.82, 2.24) is 9.38 Å². The molecule has 0 N–H and O–H groups in total. The zero-order valence-electron chi connectivity index (χ0n) is 7.18. The Labute approximate surface area is 78.4 Å². The highest BCUT2D eigenvalue weighted by Gasteiger charge is 2.05. The van der Waals surface area contributed by atoms with Gasteiger partial charge in [0.2, 0.25) is 5.65 Å². The molecule has 3 aromatic rings. The van der Waals surface area contributed by atoms with Crippen molar-refractivity contribution < 1.29 is 4.42 Å². The Hall–Kier alpha value is -2.10. The Morgan fingerprint density at radius 3 is 3.07 bits per heavy atom. The number of benzene rings is 1. The van der Waals surface area contributed by atoms with E-state index in [0.29, 0.717) is 11.2 Å². The van der Waals surface area contributed by atoms with Gasteiger partial charge in [0.25, 0.3) is 0 Å². The van der Waals surface area contributed by atoms with Crippen LogP contribution < -0.4 is 5.63 Å². The average Bonchev–Trinajstić information content (AvgIpc) is 2.67. The molecule has 0 aliphatic heterocycles. The van der Waals surface area contributed by atoms with Crippen LogP contribution >= 0.6 is 0 Å². The van der Waals surface area contributed by atoms with E-state index >= 15 is 0 Å². The van der Waals surface area contributed by atoms with Crippen LogP contribution in [0.4, 0.5) is 0 Å². The molecule has 0 bridgehead atoms. The summed E-state index contributed by atoms with van der Waals surface area (Å²) in [5.74, 6) is 0. The molecule has 1 aromatic carbocycles. The summed E-state index contributed by atoms with van der Waals surface area (Å²) >= 11 is 0. The van der Waals surface area contributed by atoms with Crippen LogP contribution in [0.2, 0.25) is 0 Å². The fourth-order valence-corrected chi connectivity index (χ4v) is 1.54. The van der Waals surface area contributed by atoms with E-state index < -0.39 is 5.63 Å². The highest BCUT2D eigenvalue weighted by atomic mass is 16.4. The van der Waals surface area contributed by atoms with Gasteiger partial charge in [-0.25, -0.2) is 9.78 Å². The molecule has 3 rings (SSSR count). The van der Waals surface area contributed by atoms with Crippen LogP contribution in [-0.2, 0) is 0 Å². The Balaban J connectivity index is 2.73. The molecule has 0 atom stereocenters. The number of aromatic nitrogens is 2. The number of para-hydroxylation sites is 2. The van der Waals surface area contributed by atoms with Gasteiger partial charge in [0, 0.05) is 12.4 Å².